The summed E-state index contributed by atoms with van der Waals surface area (Å²) in [6.07, 6.45) is 0.0723. The van der Waals surface area contributed by atoms with Crippen LogP contribution in [-0.4, -0.2) is 23.7 Å². The predicted molar refractivity (Wildman–Crippen MR) is 60.2 cm³/mol. The summed E-state index contributed by atoms with van der Waals surface area (Å²) in [5.41, 5.74) is -0.505. The number of hydrogen-bond acceptors (Lipinski definition) is 2. The molecule has 0 aromatic heterocycles. The highest BCUT2D eigenvalue weighted by molar-refractivity contribution is 5.89. The molecule has 0 heterocycles. The lowest BCUT2D eigenvalue weighted by Gasteiger charge is -2.08. The molecule has 0 saturated heterocycles. The fourth-order valence-electron chi connectivity index (χ4n) is 1.23. The molecule has 0 aliphatic heterocycles. The van der Waals surface area contributed by atoms with Crippen LogP contribution >= 0.6 is 0 Å². The van der Waals surface area contributed by atoms with Crippen molar-refractivity contribution >= 4 is 17.7 Å². The zero-order valence-corrected chi connectivity index (χ0v) is 9.67. The van der Waals surface area contributed by atoms with Gasteiger partial charge in [-0.2, -0.15) is 0 Å². The molecule has 0 aliphatic carbocycles. The number of carbonyl (C=O) groups is 2. The van der Waals surface area contributed by atoms with Crippen molar-refractivity contribution in [3.05, 3.63) is 29.6 Å². The van der Waals surface area contributed by atoms with Crippen molar-refractivity contribution in [1.29, 1.82) is 0 Å². The molecule has 0 aliphatic rings. The number of carboxylic acids is 1. The van der Waals surface area contributed by atoms with Gasteiger partial charge < -0.3 is 15.7 Å². The van der Waals surface area contributed by atoms with Crippen LogP contribution in [0.4, 0.5) is 23.7 Å². The van der Waals surface area contributed by atoms with E-state index in [9.17, 15) is 22.8 Å². The van der Waals surface area contributed by atoms with Crippen LogP contribution in [0, 0.1) is 17.5 Å². The second kappa shape index (κ2) is 6.62. The van der Waals surface area contributed by atoms with Crippen LogP contribution in [-0.2, 0) is 4.79 Å². The highest BCUT2D eigenvalue weighted by Gasteiger charge is 2.14. The molecule has 5 nitrogen and oxygen atoms in total. The first-order chi connectivity index (χ1) is 8.91. The highest BCUT2D eigenvalue weighted by Crippen LogP contribution is 2.19. The molecule has 104 valence electrons. The Morgan fingerprint density at radius 1 is 1.16 bits per heavy atom. The zero-order chi connectivity index (χ0) is 14.4. The van der Waals surface area contributed by atoms with E-state index in [-0.39, 0.29) is 19.4 Å². The van der Waals surface area contributed by atoms with Crippen LogP contribution in [0.1, 0.15) is 12.8 Å². The number of anilines is 1. The molecule has 0 saturated carbocycles. The minimum atomic E-state index is -1.68. The monoisotopic (exact) mass is 276 g/mol. The Labute approximate surface area is 106 Å². The number of halogens is 3. The Hall–Kier alpha value is -2.25. The fourth-order valence-corrected chi connectivity index (χ4v) is 1.23. The van der Waals surface area contributed by atoms with Crippen molar-refractivity contribution in [3.63, 3.8) is 0 Å². The summed E-state index contributed by atoms with van der Waals surface area (Å²) in [6, 6.07) is 0.721. The lowest BCUT2D eigenvalue weighted by Crippen LogP contribution is -2.30. The molecule has 0 unspecified atom stereocenters. The van der Waals surface area contributed by atoms with Gasteiger partial charge in [0.1, 0.15) is 0 Å². The molecular weight excluding hydrogens is 265 g/mol. The fraction of sp³-hybridized carbons (Fsp3) is 0.273. The number of benzene rings is 1. The molecule has 0 fully saturated rings. The normalized spacial score (nSPS) is 10.1. The van der Waals surface area contributed by atoms with Crippen LogP contribution in [0.25, 0.3) is 0 Å². The van der Waals surface area contributed by atoms with Gasteiger partial charge in [0.15, 0.2) is 17.5 Å². The molecule has 0 bridgehead atoms. The van der Waals surface area contributed by atoms with Gasteiger partial charge in [0.2, 0.25) is 0 Å². The van der Waals surface area contributed by atoms with Gasteiger partial charge >= 0.3 is 12.0 Å². The minimum absolute atomic E-state index is 0.0590. The number of amides is 2. The van der Waals surface area contributed by atoms with Crippen molar-refractivity contribution in [3.8, 4) is 0 Å². The van der Waals surface area contributed by atoms with E-state index in [1.54, 1.807) is 0 Å². The van der Waals surface area contributed by atoms with Crippen molar-refractivity contribution in [2.75, 3.05) is 11.9 Å². The SMILES string of the molecule is O=C(O)CCCNC(=O)Nc1ccc(F)c(F)c1F. The summed E-state index contributed by atoms with van der Waals surface area (Å²) in [7, 11) is 0. The zero-order valence-electron chi connectivity index (χ0n) is 9.67. The first-order valence-electron chi connectivity index (χ1n) is 5.32. The maximum absolute atomic E-state index is 13.2. The second-order valence-electron chi connectivity index (χ2n) is 3.60. The van der Waals surface area contributed by atoms with Gasteiger partial charge in [0, 0.05) is 13.0 Å². The maximum Gasteiger partial charge on any atom is 0.319 e. The number of rotatable bonds is 5. The molecular formula is C11H11F3N2O3. The third-order valence-corrected chi connectivity index (χ3v) is 2.14. The molecule has 8 heteroatoms. The van der Waals surface area contributed by atoms with Crippen molar-refractivity contribution in [1.82, 2.24) is 5.32 Å². The second-order valence-corrected chi connectivity index (χ2v) is 3.60. The van der Waals surface area contributed by atoms with Gasteiger partial charge in [-0.15, -0.1) is 0 Å². The van der Waals surface area contributed by atoms with Gasteiger partial charge in [0.05, 0.1) is 5.69 Å². The van der Waals surface area contributed by atoms with Crippen molar-refractivity contribution in [2.45, 2.75) is 12.8 Å². The lowest BCUT2D eigenvalue weighted by molar-refractivity contribution is -0.137. The van der Waals surface area contributed by atoms with Gasteiger partial charge in [-0.1, -0.05) is 0 Å². The average molecular weight is 276 g/mol. The summed E-state index contributed by atoms with van der Waals surface area (Å²) in [5.74, 6) is -5.54. The topological polar surface area (TPSA) is 78.4 Å². The number of aliphatic carboxylic acids is 1. The summed E-state index contributed by atoms with van der Waals surface area (Å²) >= 11 is 0. The van der Waals surface area contributed by atoms with Gasteiger partial charge in [0.25, 0.3) is 0 Å². The first-order valence-corrected chi connectivity index (χ1v) is 5.32. The average Bonchev–Trinajstić information content (AvgIpc) is 2.35. The van der Waals surface area contributed by atoms with Crippen molar-refractivity contribution in [2.24, 2.45) is 0 Å². The smallest absolute Gasteiger partial charge is 0.319 e. The van der Waals surface area contributed by atoms with Crippen LogP contribution in [0.5, 0.6) is 0 Å². The molecule has 19 heavy (non-hydrogen) atoms. The van der Waals surface area contributed by atoms with E-state index >= 15 is 0 Å². The maximum atomic E-state index is 13.2. The minimum Gasteiger partial charge on any atom is -0.481 e. The number of hydrogen-bond donors (Lipinski definition) is 3. The lowest BCUT2D eigenvalue weighted by atomic mass is 10.3. The predicted octanol–water partition coefficient (Wildman–Crippen LogP) is 2.09. The molecule has 0 radical (unpaired) electrons. The van der Waals surface area contributed by atoms with Gasteiger partial charge in [-0.3, -0.25) is 4.79 Å². The Kier molecular flexibility index (Phi) is 5.16. The molecule has 1 aromatic carbocycles. The largest absolute Gasteiger partial charge is 0.481 e. The highest BCUT2D eigenvalue weighted by atomic mass is 19.2. The standard InChI is InChI=1S/C11H11F3N2O3/c12-6-3-4-7(10(14)9(6)13)16-11(19)15-5-1-2-8(17)18/h3-4H,1-2,5H2,(H,17,18)(H2,15,16,19). The van der Waals surface area contributed by atoms with Gasteiger partial charge in [-0.05, 0) is 18.6 Å². The van der Waals surface area contributed by atoms with Gasteiger partial charge in [-0.25, -0.2) is 18.0 Å². The van der Waals surface area contributed by atoms with Crippen LogP contribution < -0.4 is 10.6 Å². The molecule has 2 amide bonds. The summed E-state index contributed by atoms with van der Waals surface area (Å²) in [4.78, 5) is 21.4. The summed E-state index contributed by atoms with van der Waals surface area (Å²) in [6.45, 7) is 0.0590. The summed E-state index contributed by atoms with van der Waals surface area (Å²) in [5, 5.41) is 12.6. The van der Waals surface area contributed by atoms with E-state index in [0.717, 1.165) is 6.07 Å². The Morgan fingerprint density at radius 3 is 2.47 bits per heavy atom. The summed E-state index contributed by atoms with van der Waals surface area (Å²) < 4.78 is 38.7. The van der Waals surface area contributed by atoms with Crippen molar-refractivity contribution < 1.29 is 27.9 Å². The number of carboxylic acid groups (broad SMARTS) is 1. The molecule has 0 atom stereocenters. The van der Waals surface area contributed by atoms with Crippen LogP contribution in [0.15, 0.2) is 12.1 Å². The van der Waals surface area contributed by atoms with Crippen LogP contribution in [0.2, 0.25) is 0 Å². The number of nitrogens with one attached hydrogen (secondary N) is 2. The number of carbonyl (C=O) groups excluding carboxylic acids is 1. The number of urea groups is 1. The molecule has 0 spiro atoms. The first kappa shape index (κ1) is 14.8. The van der Waals surface area contributed by atoms with E-state index in [4.69, 9.17) is 5.11 Å². The van der Waals surface area contributed by atoms with E-state index in [0.29, 0.717) is 6.07 Å². The van der Waals surface area contributed by atoms with E-state index in [1.165, 1.54) is 0 Å². The molecule has 1 rings (SSSR count). The molecule has 1 aromatic rings. The third kappa shape index (κ3) is 4.49. The van der Waals surface area contributed by atoms with E-state index in [1.807, 2.05) is 5.32 Å². The molecule has 3 N–H and O–H groups in total. The van der Waals surface area contributed by atoms with E-state index < -0.39 is 35.1 Å². The Morgan fingerprint density at radius 2 is 1.84 bits per heavy atom. The Balaban J connectivity index is 2.49. The third-order valence-electron chi connectivity index (χ3n) is 2.14. The van der Waals surface area contributed by atoms with E-state index in [2.05, 4.69) is 5.32 Å². The van der Waals surface area contributed by atoms with Crippen LogP contribution in [0.3, 0.4) is 0 Å². The Bertz CT molecular complexity index is 494. The quantitative estimate of drug-likeness (QED) is 0.569.